The predicted octanol–water partition coefficient (Wildman–Crippen LogP) is 1.41. The SMILES string of the molecule is COC(=O)Cn1cnc(NC(=O)/C=C/c2cccc(C)c2)n1. The molecule has 1 aromatic heterocycles. The molecule has 114 valence electrons. The molecule has 0 fully saturated rings. The molecule has 0 bridgehead atoms. The fourth-order valence-electron chi connectivity index (χ4n) is 1.72. The number of benzene rings is 1. The Labute approximate surface area is 127 Å². The maximum Gasteiger partial charge on any atom is 0.327 e. The quantitative estimate of drug-likeness (QED) is 0.666. The Morgan fingerprint density at radius 3 is 2.95 bits per heavy atom. The van der Waals surface area contributed by atoms with Crippen LogP contribution < -0.4 is 5.32 Å². The van der Waals surface area contributed by atoms with Crippen molar-refractivity contribution in [3.05, 3.63) is 47.8 Å². The molecule has 1 aromatic carbocycles. The summed E-state index contributed by atoms with van der Waals surface area (Å²) >= 11 is 0. The summed E-state index contributed by atoms with van der Waals surface area (Å²) in [6.07, 6.45) is 4.44. The topological polar surface area (TPSA) is 86.1 Å². The van der Waals surface area contributed by atoms with Crippen LogP contribution in [0.1, 0.15) is 11.1 Å². The summed E-state index contributed by atoms with van der Waals surface area (Å²) in [4.78, 5) is 26.8. The number of anilines is 1. The molecule has 1 N–H and O–H groups in total. The molecule has 0 spiro atoms. The van der Waals surface area contributed by atoms with E-state index in [1.807, 2.05) is 31.2 Å². The molecule has 22 heavy (non-hydrogen) atoms. The van der Waals surface area contributed by atoms with Crippen LogP contribution >= 0.6 is 0 Å². The predicted molar refractivity (Wildman–Crippen MR) is 80.9 cm³/mol. The molecule has 0 unspecified atom stereocenters. The van der Waals surface area contributed by atoms with Gasteiger partial charge in [-0.1, -0.05) is 29.8 Å². The largest absolute Gasteiger partial charge is 0.468 e. The van der Waals surface area contributed by atoms with E-state index >= 15 is 0 Å². The molecule has 0 aliphatic rings. The molecule has 2 aromatic rings. The number of ether oxygens (including phenoxy) is 1. The normalized spacial score (nSPS) is 10.6. The van der Waals surface area contributed by atoms with E-state index in [0.717, 1.165) is 11.1 Å². The molecule has 0 aliphatic carbocycles. The summed E-state index contributed by atoms with van der Waals surface area (Å²) in [5.41, 5.74) is 2.05. The van der Waals surface area contributed by atoms with E-state index in [1.54, 1.807) is 6.08 Å². The highest BCUT2D eigenvalue weighted by Gasteiger charge is 2.07. The lowest BCUT2D eigenvalue weighted by molar-refractivity contribution is -0.141. The second-order valence-electron chi connectivity index (χ2n) is 4.58. The van der Waals surface area contributed by atoms with Crippen LogP contribution in [0.5, 0.6) is 0 Å². The molecule has 2 rings (SSSR count). The smallest absolute Gasteiger partial charge is 0.327 e. The van der Waals surface area contributed by atoms with Crippen molar-refractivity contribution in [1.82, 2.24) is 14.8 Å². The fraction of sp³-hybridized carbons (Fsp3) is 0.200. The van der Waals surface area contributed by atoms with E-state index < -0.39 is 5.97 Å². The van der Waals surface area contributed by atoms with Crippen LogP contribution in [-0.2, 0) is 20.9 Å². The van der Waals surface area contributed by atoms with Crippen LogP contribution in [0.3, 0.4) is 0 Å². The summed E-state index contributed by atoms with van der Waals surface area (Å²) in [7, 11) is 1.29. The number of amides is 1. The molecule has 7 heteroatoms. The summed E-state index contributed by atoms with van der Waals surface area (Å²) in [6.45, 7) is 1.92. The van der Waals surface area contributed by atoms with Gasteiger partial charge in [0.25, 0.3) is 5.91 Å². The number of nitrogens with zero attached hydrogens (tertiary/aromatic N) is 3. The molecular weight excluding hydrogens is 284 g/mol. The van der Waals surface area contributed by atoms with Crippen molar-refractivity contribution < 1.29 is 14.3 Å². The van der Waals surface area contributed by atoms with E-state index in [-0.39, 0.29) is 18.4 Å². The minimum Gasteiger partial charge on any atom is -0.468 e. The Morgan fingerprint density at radius 1 is 1.41 bits per heavy atom. The third-order valence-electron chi connectivity index (χ3n) is 2.76. The zero-order valence-corrected chi connectivity index (χ0v) is 12.3. The van der Waals surface area contributed by atoms with Gasteiger partial charge in [-0.2, -0.15) is 0 Å². The van der Waals surface area contributed by atoms with Crippen molar-refractivity contribution in [2.24, 2.45) is 0 Å². The molecule has 1 amide bonds. The van der Waals surface area contributed by atoms with Crippen LogP contribution in [-0.4, -0.2) is 33.8 Å². The summed E-state index contributed by atoms with van der Waals surface area (Å²) in [5.74, 6) is -0.665. The van der Waals surface area contributed by atoms with Crippen molar-refractivity contribution >= 4 is 23.9 Å². The second kappa shape index (κ2) is 7.16. The molecule has 0 saturated carbocycles. The minimum absolute atomic E-state index is 0.0570. The average Bonchev–Trinajstić information content (AvgIpc) is 2.92. The number of aromatic nitrogens is 3. The van der Waals surface area contributed by atoms with Crippen molar-refractivity contribution in [3.8, 4) is 0 Å². The molecule has 1 heterocycles. The highest BCUT2D eigenvalue weighted by atomic mass is 16.5. The van der Waals surface area contributed by atoms with Gasteiger partial charge in [0.2, 0.25) is 5.95 Å². The van der Waals surface area contributed by atoms with Gasteiger partial charge in [-0.05, 0) is 18.6 Å². The third kappa shape index (κ3) is 4.55. The van der Waals surface area contributed by atoms with Crippen molar-refractivity contribution in [1.29, 1.82) is 0 Å². The number of esters is 1. The number of rotatable bonds is 5. The first-order valence-electron chi connectivity index (χ1n) is 6.59. The zero-order chi connectivity index (χ0) is 15.9. The number of methoxy groups -OCH3 is 1. The van der Waals surface area contributed by atoms with E-state index in [9.17, 15) is 9.59 Å². The first-order chi connectivity index (χ1) is 10.6. The van der Waals surface area contributed by atoms with Gasteiger partial charge in [-0.3, -0.25) is 14.9 Å². The summed E-state index contributed by atoms with van der Waals surface area (Å²) in [5, 5.41) is 6.46. The highest BCUT2D eigenvalue weighted by Crippen LogP contribution is 2.06. The van der Waals surface area contributed by atoms with Gasteiger partial charge in [0.05, 0.1) is 7.11 Å². The molecular formula is C15H16N4O3. The lowest BCUT2D eigenvalue weighted by Crippen LogP contribution is -2.13. The van der Waals surface area contributed by atoms with Crippen LogP contribution in [0, 0.1) is 6.92 Å². The number of carbonyl (C=O) groups is 2. The van der Waals surface area contributed by atoms with Crippen LogP contribution in [0.15, 0.2) is 36.7 Å². The van der Waals surface area contributed by atoms with E-state index in [0.29, 0.717) is 0 Å². The minimum atomic E-state index is -0.442. The molecule has 0 aliphatic heterocycles. The maximum absolute atomic E-state index is 11.8. The van der Waals surface area contributed by atoms with Gasteiger partial charge in [-0.25, -0.2) is 9.67 Å². The summed E-state index contributed by atoms with van der Waals surface area (Å²) < 4.78 is 5.80. The molecule has 0 radical (unpaired) electrons. The molecule has 0 atom stereocenters. The van der Waals surface area contributed by atoms with Gasteiger partial charge in [0, 0.05) is 6.08 Å². The van der Waals surface area contributed by atoms with E-state index in [2.05, 4.69) is 20.1 Å². The van der Waals surface area contributed by atoms with Crippen LogP contribution in [0.2, 0.25) is 0 Å². The zero-order valence-electron chi connectivity index (χ0n) is 12.3. The summed E-state index contributed by atoms with van der Waals surface area (Å²) in [6, 6.07) is 7.77. The van der Waals surface area contributed by atoms with Crippen molar-refractivity contribution in [3.63, 3.8) is 0 Å². The number of nitrogens with one attached hydrogen (secondary N) is 1. The lowest BCUT2D eigenvalue weighted by Gasteiger charge is -1.98. The molecule has 0 saturated heterocycles. The van der Waals surface area contributed by atoms with Gasteiger partial charge in [0.15, 0.2) is 0 Å². The standard InChI is InChI=1S/C15H16N4O3/c1-11-4-3-5-12(8-11)6-7-13(20)17-15-16-10-19(18-15)9-14(21)22-2/h3-8,10H,9H2,1-2H3,(H,17,18,20)/b7-6+. The Kier molecular flexibility index (Phi) is 5.02. The average molecular weight is 300 g/mol. The van der Waals surface area contributed by atoms with Gasteiger partial charge in [-0.15, -0.1) is 5.10 Å². The second-order valence-corrected chi connectivity index (χ2v) is 4.58. The van der Waals surface area contributed by atoms with E-state index in [4.69, 9.17) is 0 Å². The van der Waals surface area contributed by atoms with Crippen molar-refractivity contribution in [2.75, 3.05) is 12.4 Å². The van der Waals surface area contributed by atoms with E-state index in [1.165, 1.54) is 24.2 Å². The number of hydrogen-bond donors (Lipinski definition) is 1. The van der Waals surface area contributed by atoms with Gasteiger partial charge >= 0.3 is 5.97 Å². The van der Waals surface area contributed by atoms with Crippen molar-refractivity contribution in [2.45, 2.75) is 13.5 Å². The Bertz CT molecular complexity index is 706. The van der Waals surface area contributed by atoms with Crippen LogP contribution in [0.4, 0.5) is 5.95 Å². The number of aryl methyl sites for hydroxylation is 1. The Hall–Kier alpha value is -2.96. The monoisotopic (exact) mass is 300 g/mol. The van der Waals surface area contributed by atoms with Gasteiger partial charge in [0.1, 0.15) is 12.9 Å². The third-order valence-corrected chi connectivity index (χ3v) is 2.76. The van der Waals surface area contributed by atoms with Gasteiger partial charge < -0.3 is 4.74 Å². The fourth-order valence-corrected chi connectivity index (χ4v) is 1.72. The number of hydrogen-bond acceptors (Lipinski definition) is 5. The first kappa shape index (κ1) is 15.4. The Morgan fingerprint density at radius 2 is 2.23 bits per heavy atom. The maximum atomic E-state index is 11.8. The first-order valence-corrected chi connectivity index (χ1v) is 6.59. The Balaban J connectivity index is 1.93. The van der Waals surface area contributed by atoms with Crippen LogP contribution in [0.25, 0.3) is 6.08 Å². The molecule has 7 nitrogen and oxygen atoms in total. The highest BCUT2D eigenvalue weighted by molar-refractivity contribution is 6.00. The lowest BCUT2D eigenvalue weighted by atomic mass is 10.1. The number of carbonyl (C=O) groups excluding carboxylic acids is 2.